The molecule has 0 unspecified atom stereocenters. The van der Waals surface area contributed by atoms with Gasteiger partial charge in [-0.2, -0.15) is 0 Å². The van der Waals surface area contributed by atoms with E-state index >= 15 is 0 Å². The van der Waals surface area contributed by atoms with Crippen LogP contribution < -0.4 is 11.1 Å². The molecule has 0 bridgehead atoms. The first kappa shape index (κ1) is 16.8. The number of carbonyl (C=O) groups is 1. The minimum absolute atomic E-state index is 0.0997. The standard InChI is InChI=1S/C17H14ClN3OS2/c18-12-6-8-13(9-7-12)20-14(22)10-23-17-21-15(16(19)24-17)11-4-2-1-3-5-11/h1-9H,10,19H2,(H,20,22). The second kappa shape index (κ2) is 7.70. The molecule has 0 saturated carbocycles. The van der Waals surface area contributed by atoms with E-state index in [1.165, 1.54) is 23.1 Å². The van der Waals surface area contributed by atoms with Crippen LogP contribution in [0.2, 0.25) is 5.02 Å². The van der Waals surface area contributed by atoms with E-state index in [0.717, 1.165) is 15.6 Å². The summed E-state index contributed by atoms with van der Waals surface area (Å²) in [5, 5.41) is 4.11. The van der Waals surface area contributed by atoms with Crippen molar-refractivity contribution >= 4 is 51.3 Å². The Morgan fingerprint density at radius 3 is 2.58 bits per heavy atom. The summed E-state index contributed by atoms with van der Waals surface area (Å²) in [6, 6.07) is 16.8. The Hall–Kier alpha value is -2.02. The second-order valence-electron chi connectivity index (χ2n) is 4.90. The van der Waals surface area contributed by atoms with Crippen LogP contribution >= 0.6 is 34.7 Å². The van der Waals surface area contributed by atoms with Crippen LogP contribution in [0.25, 0.3) is 11.3 Å². The molecule has 0 fully saturated rings. The van der Waals surface area contributed by atoms with Gasteiger partial charge in [0.2, 0.25) is 5.91 Å². The smallest absolute Gasteiger partial charge is 0.234 e. The van der Waals surface area contributed by atoms with Crippen molar-refractivity contribution in [3.8, 4) is 11.3 Å². The van der Waals surface area contributed by atoms with E-state index in [0.29, 0.717) is 15.7 Å². The summed E-state index contributed by atoms with van der Waals surface area (Å²) >= 11 is 8.58. The zero-order chi connectivity index (χ0) is 16.9. The van der Waals surface area contributed by atoms with Crippen molar-refractivity contribution in [1.82, 2.24) is 4.98 Å². The SMILES string of the molecule is Nc1sc(SCC(=O)Nc2ccc(Cl)cc2)nc1-c1ccccc1. The van der Waals surface area contributed by atoms with Gasteiger partial charge in [0.05, 0.1) is 5.75 Å². The Morgan fingerprint density at radius 2 is 1.88 bits per heavy atom. The Balaban J connectivity index is 1.61. The van der Waals surface area contributed by atoms with E-state index in [1.54, 1.807) is 24.3 Å². The Morgan fingerprint density at radius 1 is 1.17 bits per heavy atom. The topological polar surface area (TPSA) is 68.0 Å². The fraction of sp³-hybridized carbons (Fsp3) is 0.0588. The van der Waals surface area contributed by atoms with Gasteiger partial charge in [0, 0.05) is 16.3 Å². The van der Waals surface area contributed by atoms with Crippen molar-refractivity contribution in [1.29, 1.82) is 0 Å². The molecule has 1 amide bonds. The molecule has 0 spiro atoms. The van der Waals surface area contributed by atoms with Crippen LogP contribution in [0.3, 0.4) is 0 Å². The number of amides is 1. The van der Waals surface area contributed by atoms with Crippen LogP contribution in [0, 0.1) is 0 Å². The van der Waals surface area contributed by atoms with Crippen molar-refractivity contribution in [2.45, 2.75) is 4.34 Å². The van der Waals surface area contributed by atoms with Crippen molar-refractivity contribution in [3.63, 3.8) is 0 Å². The first-order valence-electron chi connectivity index (χ1n) is 7.12. The van der Waals surface area contributed by atoms with Gasteiger partial charge >= 0.3 is 0 Å². The quantitative estimate of drug-likeness (QED) is 0.630. The van der Waals surface area contributed by atoms with Crippen LogP contribution in [0.4, 0.5) is 10.7 Å². The zero-order valence-corrected chi connectivity index (χ0v) is 14.9. The minimum Gasteiger partial charge on any atom is -0.389 e. The maximum atomic E-state index is 12.0. The third kappa shape index (κ3) is 4.29. The Kier molecular flexibility index (Phi) is 5.40. The van der Waals surface area contributed by atoms with Gasteiger partial charge in [0.15, 0.2) is 4.34 Å². The van der Waals surface area contributed by atoms with Crippen molar-refractivity contribution in [2.75, 3.05) is 16.8 Å². The highest BCUT2D eigenvalue weighted by Crippen LogP contribution is 2.35. The number of nitrogens with zero attached hydrogens (tertiary/aromatic N) is 1. The molecule has 0 aliphatic carbocycles. The van der Waals surface area contributed by atoms with E-state index in [1.807, 2.05) is 30.3 Å². The van der Waals surface area contributed by atoms with Crippen molar-refractivity contribution in [2.24, 2.45) is 0 Å². The van der Waals surface area contributed by atoms with E-state index in [4.69, 9.17) is 17.3 Å². The lowest BCUT2D eigenvalue weighted by atomic mass is 10.2. The summed E-state index contributed by atoms with van der Waals surface area (Å²) < 4.78 is 0.776. The summed E-state index contributed by atoms with van der Waals surface area (Å²) in [6.07, 6.45) is 0. The van der Waals surface area contributed by atoms with E-state index in [-0.39, 0.29) is 11.7 Å². The van der Waals surface area contributed by atoms with Crippen LogP contribution in [-0.2, 0) is 4.79 Å². The number of thioether (sulfide) groups is 1. The molecular formula is C17H14ClN3OS2. The van der Waals surface area contributed by atoms with Crippen LogP contribution in [0.1, 0.15) is 0 Å². The number of anilines is 2. The third-order valence-corrected chi connectivity index (χ3v) is 5.42. The molecule has 0 aliphatic heterocycles. The molecule has 1 aromatic heterocycles. The minimum atomic E-state index is -0.0997. The highest BCUT2D eigenvalue weighted by molar-refractivity contribution is 8.01. The molecule has 3 rings (SSSR count). The molecule has 1 heterocycles. The predicted molar refractivity (Wildman–Crippen MR) is 103 cm³/mol. The Labute approximate surface area is 153 Å². The first-order valence-corrected chi connectivity index (χ1v) is 9.30. The lowest BCUT2D eigenvalue weighted by Gasteiger charge is -2.03. The molecule has 122 valence electrons. The van der Waals surface area contributed by atoms with Gasteiger partial charge in [0.25, 0.3) is 0 Å². The van der Waals surface area contributed by atoms with Crippen LogP contribution in [-0.4, -0.2) is 16.6 Å². The number of aromatic nitrogens is 1. The predicted octanol–water partition coefficient (Wildman–Crippen LogP) is 4.78. The number of nitrogen functional groups attached to an aromatic ring is 1. The molecule has 0 saturated heterocycles. The average molecular weight is 376 g/mol. The van der Waals surface area contributed by atoms with Crippen LogP contribution in [0.5, 0.6) is 0 Å². The molecule has 0 aliphatic rings. The van der Waals surface area contributed by atoms with E-state index in [9.17, 15) is 4.79 Å². The number of carbonyl (C=O) groups excluding carboxylic acids is 1. The number of halogens is 1. The summed E-state index contributed by atoms with van der Waals surface area (Å²) in [4.78, 5) is 16.5. The monoisotopic (exact) mass is 375 g/mol. The molecule has 7 heteroatoms. The largest absolute Gasteiger partial charge is 0.389 e. The van der Waals surface area contributed by atoms with E-state index < -0.39 is 0 Å². The molecule has 3 N–H and O–H groups in total. The highest BCUT2D eigenvalue weighted by atomic mass is 35.5. The fourth-order valence-electron chi connectivity index (χ4n) is 2.03. The number of nitrogens with two attached hydrogens (primary N) is 1. The lowest BCUT2D eigenvalue weighted by molar-refractivity contribution is -0.113. The molecule has 3 aromatic rings. The first-order chi connectivity index (χ1) is 11.6. The molecule has 0 radical (unpaired) electrons. The molecule has 24 heavy (non-hydrogen) atoms. The number of benzene rings is 2. The van der Waals surface area contributed by atoms with Crippen molar-refractivity contribution in [3.05, 3.63) is 59.6 Å². The van der Waals surface area contributed by atoms with Gasteiger partial charge in [-0.1, -0.05) is 65.0 Å². The highest BCUT2D eigenvalue weighted by Gasteiger charge is 2.12. The fourth-order valence-corrected chi connectivity index (χ4v) is 3.91. The number of thiazole rings is 1. The summed E-state index contributed by atoms with van der Waals surface area (Å²) in [5.41, 5.74) is 8.50. The molecule has 0 atom stereocenters. The van der Waals surface area contributed by atoms with Gasteiger partial charge < -0.3 is 11.1 Å². The molecule has 2 aromatic carbocycles. The number of nitrogens with one attached hydrogen (secondary N) is 1. The van der Waals surface area contributed by atoms with Crippen LogP contribution in [0.15, 0.2) is 58.9 Å². The molecule has 4 nitrogen and oxygen atoms in total. The summed E-state index contributed by atoms with van der Waals surface area (Å²) in [5.74, 6) is 0.168. The summed E-state index contributed by atoms with van der Waals surface area (Å²) in [6.45, 7) is 0. The molecular weight excluding hydrogens is 362 g/mol. The normalized spacial score (nSPS) is 10.5. The number of hydrogen-bond acceptors (Lipinski definition) is 5. The van der Waals surface area contributed by atoms with Gasteiger partial charge in [-0.25, -0.2) is 4.98 Å². The van der Waals surface area contributed by atoms with Gasteiger partial charge in [-0.15, -0.1) is 0 Å². The van der Waals surface area contributed by atoms with Gasteiger partial charge in [-0.3, -0.25) is 4.79 Å². The maximum absolute atomic E-state index is 12.0. The maximum Gasteiger partial charge on any atom is 0.234 e. The van der Waals surface area contributed by atoms with Gasteiger partial charge in [0.1, 0.15) is 10.7 Å². The number of hydrogen-bond donors (Lipinski definition) is 2. The van der Waals surface area contributed by atoms with Crippen molar-refractivity contribution < 1.29 is 4.79 Å². The average Bonchev–Trinajstić information content (AvgIpc) is 2.97. The number of rotatable bonds is 5. The zero-order valence-electron chi connectivity index (χ0n) is 12.5. The van der Waals surface area contributed by atoms with Gasteiger partial charge in [-0.05, 0) is 24.3 Å². The Bertz CT molecular complexity index is 835. The summed E-state index contributed by atoms with van der Waals surface area (Å²) in [7, 11) is 0. The lowest BCUT2D eigenvalue weighted by Crippen LogP contribution is -2.13. The third-order valence-electron chi connectivity index (χ3n) is 3.14. The van der Waals surface area contributed by atoms with E-state index in [2.05, 4.69) is 10.3 Å². The second-order valence-corrected chi connectivity index (χ2v) is 7.59.